The van der Waals surface area contributed by atoms with E-state index >= 15 is 0 Å². The normalized spacial score (nSPS) is 14.0. The molecule has 1 aliphatic heterocycles. The monoisotopic (exact) mass is 460 g/mol. The van der Waals surface area contributed by atoms with E-state index in [0.717, 1.165) is 10.6 Å². The summed E-state index contributed by atoms with van der Waals surface area (Å²) in [4.78, 5) is 38.3. The number of sulfonamides is 1. The summed E-state index contributed by atoms with van der Waals surface area (Å²) in [5.74, 6) is -1.55. The van der Waals surface area contributed by atoms with Gasteiger partial charge in [-0.15, -0.1) is 0 Å². The van der Waals surface area contributed by atoms with Gasteiger partial charge in [-0.05, 0) is 36.4 Å². The van der Waals surface area contributed by atoms with E-state index in [0.29, 0.717) is 31.9 Å². The lowest BCUT2D eigenvalue weighted by Crippen LogP contribution is -2.40. The lowest BCUT2D eigenvalue weighted by atomic mass is 10.1. The van der Waals surface area contributed by atoms with Crippen LogP contribution in [0, 0.1) is 0 Å². The topological polar surface area (TPSA) is 139 Å². The lowest BCUT2D eigenvalue weighted by molar-refractivity contribution is -0.114. The van der Waals surface area contributed by atoms with Crippen molar-refractivity contribution in [2.45, 2.75) is 0 Å². The predicted octanol–water partition coefficient (Wildman–Crippen LogP) is 0.663. The van der Waals surface area contributed by atoms with Crippen LogP contribution >= 0.6 is 0 Å². The molecule has 0 unspecified atom stereocenters. The van der Waals surface area contributed by atoms with Crippen LogP contribution in [-0.4, -0.2) is 70.1 Å². The number of anilines is 2. The molecule has 0 atom stereocenters. The Morgan fingerprint density at radius 1 is 1.06 bits per heavy atom. The molecule has 3 amide bonds. The Hall–Kier alpha value is -3.44. The second-order valence-electron chi connectivity index (χ2n) is 7.18. The number of rotatable bonds is 7. The number of amides is 3. The molecule has 1 saturated heterocycles. The summed E-state index contributed by atoms with van der Waals surface area (Å²) >= 11 is 0. The SMILES string of the molecule is CS(=O)(=O)N(CC(=O)Nc1ccccc1C(N)=O)c1ccc(C(=O)N2CCOCC2)cc1. The molecule has 1 aliphatic rings. The zero-order valence-electron chi connectivity index (χ0n) is 17.5. The molecule has 0 aliphatic carbocycles. The highest BCUT2D eigenvalue weighted by molar-refractivity contribution is 7.92. The van der Waals surface area contributed by atoms with Crippen LogP contribution in [0.4, 0.5) is 11.4 Å². The van der Waals surface area contributed by atoms with Crippen LogP contribution in [0.2, 0.25) is 0 Å². The zero-order chi connectivity index (χ0) is 23.3. The summed E-state index contributed by atoms with van der Waals surface area (Å²) < 4.78 is 30.8. The van der Waals surface area contributed by atoms with Gasteiger partial charge in [-0.25, -0.2) is 8.42 Å². The summed E-state index contributed by atoms with van der Waals surface area (Å²) in [5, 5.41) is 2.52. The minimum Gasteiger partial charge on any atom is -0.378 e. The van der Waals surface area contributed by atoms with E-state index in [2.05, 4.69) is 5.32 Å². The highest BCUT2D eigenvalue weighted by Crippen LogP contribution is 2.20. The first kappa shape index (κ1) is 23.2. The molecule has 0 spiro atoms. The van der Waals surface area contributed by atoms with Crippen LogP contribution < -0.4 is 15.4 Å². The number of nitrogens with one attached hydrogen (secondary N) is 1. The molecule has 10 nitrogen and oxygen atoms in total. The summed E-state index contributed by atoms with van der Waals surface area (Å²) in [6, 6.07) is 12.1. The highest BCUT2D eigenvalue weighted by atomic mass is 32.2. The summed E-state index contributed by atoms with van der Waals surface area (Å²) in [5.41, 5.74) is 6.24. The Balaban J connectivity index is 1.76. The van der Waals surface area contributed by atoms with Gasteiger partial charge in [0.05, 0.1) is 36.4 Å². The number of carbonyl (C=O) groups is 3. The van der Waals surface area contributed by atoms with Crippen molar-refractivity contribution in [3.63, 3.8) is 0 Å². The molecular weight excluding hydrogens is 436 g/mol. The first-order valence-electron chi connectivity index (χ1n) is 9.80. The fourth-order valence-electron chi connectivity index (χ4n) is 3.25. The molecule has 0 aromatic heterocycles. The number of carbonyl (C=O) groups excluding carboxylic acids is 3. The van der Waals surface area contributed by atoms with Gasteiger partial charge in [0, 0.05) is 18.7 Å². The minimum absolute atomic E-state index is 0.109. The minimum atomic E-state index is -3.82. The maximum Gasteiger partial charge on any atom is 0.254 e. The molecule has 11 heteroatoms. The quantitative estimate of drug-likeness (QED) is 0.622. The molecule has 170 valence electrons. The van der Waals surface area contributed by atoms with Gasteiger partial charge in [-0.1, -0.05) is 12.1 Å². The second-order valence-corrected chi connectivity index (χ2v) is 9.09. The Kier molecular flexibility index (Phi) is 7.11. The van der Waals surface area contributed by atoms with Crippen molar-refractivity contribution in [2.24, 2.45) is 5.73 Å². The van der Waals surface area contributed by atoms with Crippen LogP contribution in [0.5, 0.6) is 0 Å². The average Bonchev–Trinajstić information content (AvgIpc) is 2.77. The van der Waals surface area contributed by atoms with Crippen molar-refractivity contribution in [3.8, 4) is 0 Å². The Bertz CT molecular complexity index is 1110. The highest BCUT2D eigenvalue weighted by Gasteiger charge is 2.23. The molecule has 1 heterocycles. The lowest BCUT2D eigenvalue weighted by Gasteiger charge is -2.27. The maximum atomic E-state index is 12.6. The van der Waals surface area contributed by atoms with Crippen LogP contribution in [0.3, 0.4) is 0 Å². The van der Waals surface area contributed by atoms with Crippen molar-refractivity contribution >= 4 is 39.1 Å². The fraction of sp³-hybridized carbons (Fsp3) is 0.286. The van der Waals surface area contributed by atoms with Crippen molar-refractivity contribution in [1.82, 2.24) is 4.90 Å². The number of nitrogens with zero attached hydrogens (tertiary/aromatic N) is 2. The third-order valence-electron chi connectivity index (χ3n) is 4.85. The summed E-state index contributed by atoms with van der Waals surface area (Å²) in [7, 11) is -3.82. The van der Waals surface area contributed by atoms with Gasteiger partial charge in [-0.3, -0.25) is 18.7 Å². The van der Waals surface area contributed by atoms with Crippen molar-refractivity contribution in [3.05, 3.63) is 59.7 Å². The van der Waals surface area contributed by atoms with E-state index in [4.69, 9.17) is 10.5 Å². The van der Waals surface area contributed by atoms with Gasteiger partial charge in [0.2, 0.25) is 15.9 Å². The van der Waals surface area contributed by atoms with Gasteiger partial charge >= 0.3 is 0 Å². The van der Waals surface area contributed by atoms with Crippen molar-refractivity contribution < 1.29 is 27.5 Å². The molecule has 3 rings (SSSR count). The molecule has 0 bridgehead atoms. The number of hydrogen-bond acceptors (Lipinski definition) is 6. The summed E-state index contributed by atoms with van der Waals surface area (Å²) in [6.45, 7) is 1.40. The van der Waals surface area contributed by atoms with E-state index in [-0.39, 0.29) is 22.8 Å². The van der Waals surface area contributed by atoms with Crippen LogP contribution in [0.15, 0.2) is 48.5 Å². The average molecular weight is 461 g/mol. The Labute approximate surface area is 186 Å². The van der Waals surface area contributed by atoms with E-state index in [1.54, 1.807) is 17.0 Å². The number of benzene rings is 2. The fourth-order valence-corrected chi connectivity index (χ4v) is 4.10. The molecule has 2 aromatic rings. The van der Waals surface area contributed by atoms with Gasteiger partial charge in [0.1, 0.15) is 6.54 Å². The maximum absolute atomic E-state index is 12.6. The number of morpholine rings is 1. The smallest absolute Gasteiger partial charge is 0.254 e. The molecule has 0 saturated carbocycles. The number of ether oxygens (including phenoxy) is 1. The van der Waals surface area contributed by atoms with Crippen LogP contribution in [-0.2, 0) is 19.6 Å². The zero-order valence-corrected chi connectivity index (χ0v) is 18.3. The number of hydrogen-bond donors (Lipinski definition) is 2. The number of primary amides is 1. The predicted molar refractivity (Wildman–Crippen MR) is 119 cm³/mol. The Morgan fingerprint density at radius 2 is 1.69 bits per heavy atom. The molecule has 2 aromatic carbocycles. The third-order valence-corrected chi connectivity index (χ3v) is 6.00. The van der Waals surface area contributed by atoms with Gasteiger partial charge in [-0.2, -0.15) is 0 Å². The molecular formula is C21H24N4O6S. The summed E-state index contributed by atoms with van der Waals surface area (Å²) in [6.07, 6.45) is 0.977. The van der Waals surface area contributed by atoms with Gasteiger partial charge in [0.25, 0.3) is 11.8 Å². The van der Waals surface area contributed by atoms with E-state index in [1.807, 2.05) is 0 Å². The Morgan fingerprint density at radius 3 is 2.28 bits per heavy atom. The van der Waals surface area contributed by atoms with Crippen molar-refractivity contribution in [1.29, 1.82) is 0 Å². The van der Waals surface area contributed by atoms with E-state index < -0.39 is 28.4 Å². The second kappa shape index (κ2) is 9.79. The van der Waals surface area contributed by atoms with E-state index in [1.165, 1.54) is 36.4 Å². The van der Waals surface area contributed by atoms with Gasteiger partial charge in [0.15, 0.2) is 0 Å². The first-order valence-corrected chi connectivity index (χ1v) is 11.6. The van der Waals surface area contributed by atoms with E-state index in [9.17, 15) is 22.8 Å². The van der Waals surface area contributed by atoms with Crippen molar-refractivity contribution in [2.75, 3.05) is 48.7 Å². The molecule has 32 heavy (non-hydrogen) atoms. The first-order chi connectivity index (χ1) is 15.2. The molecule has 3 N–H and O–H groups in total. The molecule has 0 radical (unpaired) electrons. The third kappa shape index (κ3) is 5.62. The van der Waals surface area contributed by atoms with Crippen LogP contribution in [0.25, 0.3) is 0 Å². The molecule has 1 fully saturated rings. The standard InChI is InChI=1S/C21H24N4O6S/c1-32(29,30)25(14-19(26)23-18-5-3-2-4-17(18)20(22)27)16-8-6-15(7-9-16)21(28)24-10-12-31-13-11-24/h2-9H,10-14H2,1H3,(H2,22,27)(H,23,26). The largest absolute Gasteiger partial charge is 0.378 e. The van der Waals surface area contributed by atoms with Crippen LogP contribution in [0.1, 0.15) is 20.7 Å². The number of para-hydroxylation sites is 1. The van der Waals surface area contributed by atoms with Gasteiger partial charge < -0.3 is 20.7 Å². The number of nitrogens with two attached hydrogens (primary N) is 1.